The Bertz CT molecular complexity index is 886. The van der Waals surface area contributed by atoms with E-state index in [9.17, 15) is 4.79 Å². The number of ether oxygens (including phenoxy) is 1. The number of fused-ring (bicyclic) bond motifs is 1. The number of hydrogen-bond acceptors (Lipinski definition) is 6. The molecule has 0 fully saturated rings. The van der Waals surface area contributed by atoms with Crippen molar-refractivity contribution in [2.45, 2.75) is 0 Å². The highest BCUT2D eigenvalue weighted by Gasteiger charge is 2.13. The number of rotatable bonds is 4. The summed E-state index contributed by atoms with van der Waals surface area (Å²) in [5.74, 6) is 0.226. The van der Waals surface area contributed by atoms with Crippen molar-refractivity contribution in [2.75, 3.05) is 11.9 Å². The van der Waals surface area contributed by atoms with Crippen molar-refractivity contribution in [2.24, 2.45) is 0 Å². The minimum Gasteiger partial charge on any atom is -0.484 e. The largest absolute Gasteiger partial charge is 0.484 e. The fraction of sp³-hybridized carbons (Fsp3) is 0.0667. The molecule has 1 heterocycles. The molecular formula is C15H11ClN4O2S2. The molecule has 0 radical (unpaired) electrons. The normalized spacial score (nSPS) is 10.4. The summed E-state index contributed by atoms with van der Waals surface area (Å²) in [6, 6.07) is 12.5. The number of para-hydroxylation sites is 1. The second-order valence-electron chi connectivity index (χ2n) is 4.66. The van der Waals surface area contributed by atoms with Crippen LogP contribution in [0.25, 0.3) is 11.0 Å². The van der Waals surface area contributed by atoms with Gasteiger partial charge in [0.2, 0.25) is 0 Å². The third-order valence-electron chi connectivity index (χ3n) is 2.98. The van der Waals surface area contributed by atoms with E-state index in [-0.39, 0.29) is 17.6 Å². The standard InChI is InChI=1S/C15H11ClN4O2S2/c16-10-6-7-11-14(20-24-19-11)13(10)18-15(23)17-12(21)8-22-9-4-2-1-3-5-9/h1-7H,8H2,(H2,17,18,21,23). The van der Waals surface area contributed by atoms with Crippen molar-refractivity contribution in [1.29, 1.82) is 0 Å². The molecule has 6 nitrogen and oxygen atoms in total. The first kappa shape index (κ1) is 16.6. The molecule has 0 aliphatic heterocycles. The molecule has 1 amide bonds. The van der Waals surface area contributed by atoms with Crippen molar-refractivity contribution >= 4 is 63.3 Å². The van der Waals surface area contributed by atoms with E-state index in [2.05, 4.69) is 19.4 Å². The zero-order chi connectivity index (χ0) is 16.9. The van der Waals surface area contributed by atoms with Gasteiger partial charge in [0, 0.05) is 0 Å². The maximum atomic E-state index is 11.9. The number of carbonyl (C=O) groups is 1. The van der Waals surface area contributed by atoms with E-state index >= 15 is 0 Å². The molecule has 0 saturated heterocycles. The molecule has 3 aromatic rings. The Morgan fingerprint density at radius 2 is 2.00 bits per heavy atom. The van der Waals surface area contributed by atoms with Crippen molar-refractivity contribution in [3.8, 4) is 5.75 Å². The predicted octanol–water partition coefficient (Wildman–Crippen LogP) is 3.24. The SMILES string of the molecule is O=C(COc1ccccc1)NC(=S)Nc1c(Cl)ccc2nsnc12. The summed E-state index contributed by atoms with van der Waals surface area (Å²) >= 11 is 12.4. The lowest BCUT2D eigenvalue weighted by molar-refractivity contribution is -0.121. The minimum atomic E-state index is -0.379. The van der Waals surface area contributed by atoms with Gasteiger partial charge < -0.3 is 10.1 Å². The van der Waals surface area contributed by atoms with E-state index in [0.717, 1.165) is 11.7 Å². The second kappa shape index (κ2) is 7.52. The van der Waals surface area contributed by atoms with Gasteiger partial charge >= 0.3 is 0 Å². The zero-order valence-corrected chi connectivity index (χ0v) is 14.5. The summed E-state index contributed by atoms with van der Waals surface area (Å²) in [5.41, 5.74) is 1.82. The van der Waals surface area contributed by atoms with E-state index in [1.165, 1.54) is 0 Å². The Morgan fingerprint density at radius 3 is 2.79 bits per heavy atom. The summed E-state index contributed by atoms with van der Waals surface area (Å²) < 4.78 is 13.7. The third-order valence-corrected chi connectivity index (χ3v) is 4.04. The summed E-state index contributed by atoms with van der Waals surface area (Å²) in [6.45, 7) is -0.151. The van der Waals surface area contributed by atoms with Gasteiger partial charge in [-0.25, -0.2) is 0 Å². The molecule has 0 spiro atoms. The number of hydrogen-bond donors (Lipinski definition) is 2. The molecule has 0 saturated carbocycles. The minimum absolute atomic E-state index is 0.110. The summed E-state index contributed by atoms with van der Waals surface area (Å²) in [4.78, 5) is 11.9. The zero-order valence-electron chi connectivity index (χ0n) is 12.2. The summed E-state index contributed by atoms with van der Waals surface area (Å²) in [7, 11) is 0. The van der Waals surface area contributed by atoms with Gasteiger partial charge in [-0.3, -0.25) is 10.1 Å². The van der Waals surface area contributed by atoms with Crippen LogP contribution in [-0.2, 0) is 4.79 Å². The molecule has 0 aliphatic carbocycles. The van der Waals surface area contributed by atoms with Crippen LogP contribution in [0.15, 0.2) is 42.5 Å². The maximum absolute atomic E-state index is 11.9. The molecule has 2 aromatic carbocycles. The van der Waals surface area contributed by atoms with Crippen LogP contribution in [0.4, 0.5) is 5.69 Å². The number of amides is 1. The van der Waals surface area contributed by atoms with Crippen LogP contribution < -0.4 is 15.4 Å². The fourth-order valence-electron chi connectivity index (χ4n) is 1.92. The van der Waals surface area contributed by atoms with Crippen LogP contribution in [0.2, 0.25) is 5.02 Å². The van der Waals surface area contributed by atoms with Gasteiger partial charge in [0.25, 0.3) is 5.91 Å². The smallest absolute Gasteiger partial charge is 0.264 e. The molecule has 0 bridgehead atoms. The van der Waals surface area contributed by atoms with Crippen LogP contribution >= 0.6 is 35.5 Å². The van der Waals surface area contributed by atoms with E-state index in [4.69, 9.17) is 28.6 Å². The van der Waals surface area contributed by atoms with Gasteiger partial charge in [0.05, 0.1) is 22.4 Å². The Kier molecular flexibility index (Phi) is 5.19. The monoisotopic (exact) mass is 378 g/mol. The lowest BCUT2D eigenvalue weighted by atomic mass is 10.2. The average molecular weight is 379 g/mol. The summed E-state index contributed by atoms with van der Waals surface area (Å²) in [6.07, 6.45) is 0. The Hall–Kier alpha value is -2.29. The van der Waals surface area contributed by atoms with Crippen LogP contribution in [0.3, 0.4) is 0 Å². The van der Waals surface area contributed by atoms with Crippen molar-refractivity contribution < 1.29 is 9.53 Å². The molecule has 1 aromatic heterocycles. The maximum Gasteiger partial charge on any atom is 0.264 e. The number of benzene rings is 2. The molecule has 2 N–H and O–H groups in total. The number of anilines is 1. The highest BCUT2D eigenvalue weighted by molar-refractivity contribution is 7.80. The van der Waals surface area contributed by atoms with Gasteiger partial charge in [-0.1, -0.05) is 29.8 Å². The van der Waals surface area contributed by atoms with Crippen LogP contribution in [-0.4, -0.2) is 26.4 Å². The molecule has 122 valence electrons. The van der Waals surface area contributed by atoms with Crippen LogP contribution in [0.1, 0.15) is 0 Å². The quantitative estimate of drug-likeness (QED) is 0.679. The molecule has 0 atom stereocenters. The van der Waals surface area contributed by atoms with Gasteiger partial charge in [0.1, 0.15) is 16.8 Å². The lowest BCUT2D eigenvalue weighted by Gasteiger charge is -2.11. The van der Waals surface area contributed by atoms with Gasteiger partial charge in [0.15, 0.2) is 11.7 Å². The molecule has 0 aliphatic rings. The predicted molar refractivity (Wildman–Crippen MR) is 98.7 cm³/mol. The molecule has 0 unspecified atom stereocenters. The Labute approximate surface area is 152 Å². The number of nitrogens with one attached hydrogen (secondary N) is 2. The number of nitrogens with zero attached hydrogens (tertiary/aromatic N) is 2. The molecule has 3 rings (SSSR count). The molecule has 9 heteroatoms. The van der Waals surface area contributed by atoms with E-state index in [1.54, 1.807) is 24.3 Å². The van der Waals surface area contributed by atoms with Gasteiger partial charge in [-0.2, -0.15) is 8.75 Å². The van der Waals surface area contributed by atoms with Gasteiger partial charge in [-0.15, -0.1) is 0 Å². The Balaban J connectivity index is 1.59. The summed E-state index contributed by atoms with van der Waals surface area (Å²) in [5, 5.41) is 5.97. The van der Waals surface area contributed by atoms with Crippen LogP contribution in [0.5, 0.6) is 5.75 Å². The lowest BCUT2D eigenvalue weighted by Crippen LogP contribution is -2.37. The first-order valence-corrected chi connectivity index (χ1v) is 8.34. The van der Waals surface area contributed by atoms with Crippen molar-refractivity contribution in [3.05, 3.63) is 47.5 Å². The Morgan fingerprint density at radius 1 is 1.21 bits per heavy atom. The second-order valence-corrected chi connectivity index (χ2v) is 6.00. The first-order chi connectivity index (χ1) is 11.6. The van der Waals surface area contributed by atoms with E-state index in [0.29, 0.717) is 27.5 Å². The van der Waals surface area contributed by atoms with Crippen molar-refractivity contribution in [1.82, 2.24) is 14.1 Å². The van der Waals surface area contributed by atoms with Gasteiger partial charge in [-0.05, 0) is 36.5 Å². The topological polar surface area (TPSA) is 76.1 Å². The first-order valence-electron chi connectivity index (χ1n) is 6.83. The average Bonchev–Trinajstić information content (AvgIpc) is 3.05. The highest BCUT2D eigenvalue weighted by Crippen LogP contribution is 2.29. The number of carbonyl (C=O) groups excluding carboxylic acids is 1. The number of halogens is 1. The molecule has 24 heavy (non-hydrogen) atoms. The molecular weight excluding hydrogens is 368 g/mol. The number of aromatic nitrogens is 2. The fourth-order valence-corrected chi connectivity index (χ4v) is 2.88. The van der Waals surface area contributed by atoms with E-state index < -0.39 is 0 Å². The van der Waals surface area contributed by atoms with Crippen molar-refractivity contribution in [3.63, 3.8) is 0 Å². The third kappa shape index (κ3) is 3.97. The van der Waals surface area contributed by atoms with Crippen LogP contribution in [0, 0.1) is 0 Å². The van der Waals surface area contributed by atoms with E-state index in [1.807, 2.05) is 18.2 Å². The highest BCUT2D eigenvalue weighted by atomic mass is 35.5. The number of thiocarbonyl (C=S) groups is 1.